The maximum atomic E-state index is 11.8. The van der Waals surface area contributed by atoms with E-state index in [4.69, 9.17) is 19.3 Å². The highest BCUT2D eigenvalue weighted by molar-refractivity contribution is 5.90. The van der Waals surface area contributed by atoms with E-state index in [9.17, 15) is 9.59 Å². The van der Waals surface area contributed by atoms with Gasteiger partial charge < -0.3 is 24.6 Å². The molecular formula is C15H19NO6. The third-order valence-corrected chi connectivity index (χ3v) is 3.78. The highest BCUT2D eigenvalue weighted by atomic mass is 16.5. The van der Waals surface area contributed by atoms with Crippen LogP contribution in [0.25, 0.3) is 0 Å². The quantitative estimate of drug-likeness (QED) is 0.790. The van der Waals surface area contributed by atoms with E-state index in [1.807, 2.05) is 0 Å². The highest BCUT2D eigenvalue weighted by Gasteiger charge is 2.33. The maximum absolute atomic E-state index is 11.8. The predicted molar refractivity (Wildman–Crippen MR) is 77.4 cm³/mol. The van der Waals surface area contributed by atoms with Gasteiger partial charge in [0.2, 0.25) is 0 Å². The largest absolute Gasteiger partial charge is 0.493 e. The van der Waals surface area contributed by atoms with Crippen LogP contribution in [-0.4, -0.2) is 44.9 Å². The fraction of sp³-hybridized carbons (Fsp3) is 0.467. The van der Waals surface area contributed by atoms with Crippen molar-refractivity contribution in [3.8, 4) is 11.5 Å². The molecule has 2 atom stereocenters. The molecule has 1 aliphatic rings. The van der Waals surface area contributed by atoms with Gasteiger partial charge in [-0.25, -0.2) is 4.79 Å². The smallest absolute Gasteiger partial charge is 0.337 e. The van der Waals surface area contributed by atoms with E-state index >= 15 is 0 Å². The van der Waals surface area contributed by atoms with E-state index in [1.165, 1.54) is 27.4 Å². The number of carbonyl (C=O) groups is 2. The molecule has 7 nitrogen and oxygen atoms in total. The van der Waals surface area contributed by atoms with Gasteiger partial charge in [-0.3, -0.25) is 4.79 Å². The summed E-state index contributed by atoms with van der Waals surface area (Å²) >= 11 is 0. The standard InChI is InChI=1S/C15H19NO6/c1-20-12-6-8(15(19)22-3)4-10(13(12)21-2)11-5-9(7-16-11)14(17)18/h4,6,9,11,16H,5,7H2,1-3H3,(H,17,18). The van der Waals surface area contributed by atoms with Crippen LogP contribution in [-0.2, 0) is 9.53 Å². The zero-order valence-corrected chi connectivity index (χ0v) is 12.7. The van der Waals surface area contributed by atoms with Gasteiger partial charge in [0.25, 0.3) is 0 Å². The molecular weight excluding hydrogens is 290 g/mol. The van der Waals surface area contributed by atoms with Crippen LogP contribution >= 0.6 is 0 Å². The predicted octanol–water partition coefficient (Wildman–Crippen LogP) is 1.23. The molecule has 0 bridgehead atoms. The summed E-state index contributed by atoms with van der Waals surface area (Å²) in [5, 5.41) is 12.3. The van der Waals surface area contributed by atoms with Crippen LogP contribution in [0.3, 0.4) is 0 Å². The van der Waals surface area contributed by atoms with E-state index in [2.05, 4.69) is 5.32 Å². The van der Waals surface area contributed by atoms with E-state index < -0.39 is 17.9 Å². The number of aliphatic carboxylic acids is 1. The third-order valence-electron chi connectivity index (χ3n) is 3.78. The van der Waals surface area contributed by atoms with Gasteiger partial charge >= 0.3 is 11.9 Å². The number of nitrogens with one attached hydrogen (secondary N) is 1. The Hall–Kier alpha value is -2.28. The number of esters is 1. The fourth-order valence-corrected chi connectivity index (χ4v) is 2.65. The Morgan fingerprint density at radius 2 is 1.95 bits per heavy atom. The van der Waals surface area contributed by atoms with E-state index in [-0.39, 0.29) is 6.04 Å². The zero-order valence-electron chi connectivity index (χ0n) is 12.7. The molecule has 0 aliphatic carbocycles. The number of methoxy groups -OCH3 is 3. The summed E-state index contributed by atoms with van der Waals surface area (Å²) in [6, 6.07) is 2.96. The van der Waals surface area contributed by atoms with Gasteiger partial charge in [0.15, 0.2) is 11.5 Å². The van der Waals surface area contributed by atoms with Crippen LogP contribution in [0.4, 0.5) is 0 Å². The summed E-state index contributed by atoms with van der Waals surface area (Å²) < 4.78 is 15.4. The van der Waals surface area contributed by atoms with Crippen LogP contribution in [0.5, 0.6) is 11.5 Å². The monoisotopic (exact) mass is 309 g/mol. The normalized spacial score (nSPS) is 20.5. The lowest BCUT2D eigenvalue weighted by Gasteiger charge is -2.19. The molecule has 0 spiro atoms. The number of ether oxygens (including phenoxy) is 3. The molecule has 0 saturated carbocycles. The molecule has 0 amide bonds. The first-order valence-corrected chi connectivity index (χ1v) is 6.82. The Morgan fingerprint density at radius 3 is 2.45 bits per heavy atom. The Kier molecular flexibility index (Phi) is 4.87. The van der Waals surface area contributed by atoms with E-state index in [0.29, 0.717) is 35.6 Å². The van der Waals surface area contributed by atoms with Crippen LogP contribution in [0.2, 0.25) is 0 Å². The van der Waals surface area contributed by atoms with Crippen molar-refractivity contribution in [2.75, 3.05) is 27.9 Å². The van der Waals surface area contributed by atoms with Gasteiger partial charge in [-0.15, -0.1) is 0 Å². The Labute approximate surface area is 128 Å². The Bertz CT molecular complexity index is 586. The molecule has 1 heterocycles. The summed E-state index contributed by atoms with van der Waals surface area (Å²) in [5.41, 5.74) is 1.02. The van der Waals surface area contributed by atoms with E-state index in [1.54, 1.807) is 6.07 Å². The number of carboxylic acids is 1. The third kappa shape index (κ3) is 2.99. The summed E-state index contributed by atoms with van der Waals surface area (Å²) in [6.45, 7) is 0.369. The summed E-state index contributed by atoms with van der Waals surface area (Å²) in [7, 11) is 4.28. The van der Waals surface area contributed by atoms with Crippen molar-refractivity contribution in [3.05, 3.63) is 23.3 Å². The van der Waals surface area contributed by atoms with Crippen molar-refractivity contribution < 1.29 is 28.9 Å². The number of carbonyl (C=O) groups excluding carboxylic acids is 1. The van der Waals surface area contributed by atoms with Gasteiger partial charge in [0.1, 0.15) is 0 Å². The molecule has 2 unspecified atom stereocenters. The lowest BCUT2D eigenvalue weighted by atomic mass is 9.97. The molecule has 1 saturated heterocycles. The molecule has 120 valence electrons. The molecule has 0 radical (unpaired) electrons. The van der Waals surface area contributed by atoms with Crippen LogP contribution in [0.15, 0.2) is 12.1 Å². The zero-order chi connectivity index (χ0) is 16.3. The summed E-state index contributed by atoms with van der Waals surface area (Å²) in [5.74, 6) is -0.915. The number of benzene rings is 1. The fourth-order valence-electron chi connectivity index (χ4n) is 2.65. The molecule has 22 heavy (non-hydrogen) atoms. The van der Waals surface area contributed by atoms with E-state index in [0.717, 1.165) is 0 Å². The van der Waals surface area contributed by atoms with Crippen molar-refractivity contribution in [2.24, 2.45) is 5.92 Å². The maximum Gasteiger partial charge on any atom is 0.337 e. The van der Waals surface area contributed by atoms with Crippen molar-refractivity contribution in [1.29, 1.82) is 0 Å². The first-order valence-electron chi connectivity index (χ1n) is 6.82. The molecule has 0 aromatic heterocycles. The lowest BCUT2D eigenvalue weighted by Crippen LogP contribution is -2.18. The van der Waals surface area contributed by atoms with Crippen LogP contribution in [0, 0.1) is 5.92 Å². The molecule has 2 rings (SSSR count). The minimum absolute atomic E-state index is 0.227. The van der Waals surface area contributed by atoms with Crippen molar-refractivity contribution in [2.45, 2.75) is 12.5 Å². The van der Waals surface area contributed by atoms with Gasteiger partial charge in [-0.05, 0) is 18.6 Å². The van der Waals surface area contributed by atoms with Crippen molar-refractivity contribution in [1.82, 2.24) is 5.32 Å². The SMILES string of the molecule is COC(=O)c1cc(OC)c(OC)c(C2CC(C(=O)O)CN2)c1. The van der Waals surface area contributed by atoms with Gasteiger partial charge in [-0.2, -0.15) is 0 Å². The Balaban J connectivity index is 2.44. The van der Waals surface area contributed by atoms with Crippen LogP contribution < -0.4 is 14.8 Å². The number of rotatable bonds is 5. The first kappa shape index (κ1) is 16.1. The number of hydrogen-bond acceptors (Lipinski definition) is 6. The average molecular weight is 309 g/mol. The molecule has 7 heteroatoms. The molecule has 1 fully saturated rings. The molecule has 1 aliphatic heterocycles. The average Bonchev–Trinajstić information content (AvgIpc) is 3.02. The van der Waals surface area contributed by atoms with Crippen LogP contribution in [0.1, 0.15) is 28.4 Å². The van der Waals surface area contributed by atoms with Gasteiger partial charge in [0, 0.05) is 18.2 Å². The minimum Gasteiger partial charge on any atom is -0.493 e. The van der Waals surface area contributed by atoms with Gasteiger partial charge in [0.05, 0.1) is 32.8 Å². The molecule has 2 N–H and O–H groups in total. The lowest BCUT2D eigenvalue weighted by molar-refractivity contribution is -0.141. The second-order valence-corrected chi connectivity index (χ2v) is 5.02. The molecule has 1 aromatic rings. The summed E-state index contributed by atoms with van der Waals surface area (Å²) in [4.78, 5) is 22.9. The van der Waals surface area contributed by atoms with Crippen molar-refractivity contribution >= 4 is 11.9 Å². The second kappa shape index (κ2) is 6.65. The van der Waals surface area contributed by atoms with Gasteiger partial charge in [-0.1, -0.05) is 0 Å². The minimum atomic E-state index is -0.843. The summed E-state index contributed by atoms with van der Waals surface area (Å²) in [6.07, 6.45) is 0.416. The van der Waals surface area contributed by atoms with Crippen molar-refractivity contribution in [3.63, 3.8) is 0 Å². The topological polar surface area (TPSA) is 94.1 Å². The number of carboxylic acid groups (broad SMARTS) is 1. The second-order valence-electron chi connectivity index (χ2n) is 5.02. The number of hydrogen-bond donors (Lipinski definition) is 2. The highest BCUT2D eigenvalue weighted by Crippen LogP contribution is 2.40. The molecule has 1 aromatic carbocycles. The Morgan fingerprint density at radius 1 is 1.23 bits per heavy atom. The first-order chi connectivity index (χ1) is 10.5.